The lowest BCUT2D eigenvalue weighted by atomic mass is 9.85. The Kier molecular flexibility index (Phi) is 2.68. The summed E-state index contributed by atoms with van der Waals surface area (Å²) in [5.74, 6) is -0.396. The minimum absolute atomic E-state index is 0.0934. The quantitative estimate of drug-likeness (QED) is 0.529. The van der Waals surface area contributed by atoms with E-state index < -0.39 is 24.1 Å². The summed E-state index contributed by atoms with van der Waals surface area (Å²) in [6.07, 6.45) is -0.0650. The molecule has 1 saturated carbocycles. The van der Waals surface area contributed by atoms with E-state index in [2.05, 4.69) is 6.58 Å². The first-order chi connectivity index (χ1) is 8.91. The van der Waals surface area contributed by atoms with E-state index in [-0.39, 0.29) is 17.6 Å². The molecule has 3 aliphatic rings. The molecular weight excluding hydrogens is 244 g/mol. The largest absolute Gasteiger partial charge is 0.454 e. The van der Waals surface area contributed by atoms with E-state index in [1.54, 1.807) is 6.92 Å². The molecule has 1 aliphatic heterocycles. The van der Waals surface area contributed by atoms with Crippen LogP contribution >= 0.6 is 0 Å². The predicted molar refractivity (Wildman–Crippen MR) is 68.1 cm³/mol. The molecule has 0 bridgehead atoms. The number of aliphatic hydroxyl groups excluding tert-OH is 1. The highest BCUT2D eigenvalue weighted by Gasteiger charge is 2.52. The minimum Gasteiger partial charge on any atom is -0.454 e. The van der Waals surface area contributed by atoms with Gasteiger partial charge in [-0.1, -0.05) is 13.5 Å². The molecular formula is C15H18O4. The maximum atomic E-state index is 11.9. The van der Waals surface area contributed by atoms with Crippen LogP contribution in [0, 0.1) is 17.8 Å². The molecule has 3 rings (SSSR count). The van der Waals surface area contributed by atoms with Crippen LogP contribution in [0.25, 0.3) is 0 Å². The summed E-state index contributed by atoms with van der Waals surface area (Å²) >= 11 is 0. The molecule has 0 spiro atoms. The summed E-state index contributed by atoms with van der Waals surface area (Å²) in [5.41, 5.74) is 1.97. The molecule has 5 atom stereocenters. The number of allylic oxidation sites excluding steroid dienone is 1. The average molecular weight is 262 g/mol. The summed E-state index contributed by atoms with van der Waals surface area (Å²) in [7, 11) is 0. The van der Waals surface area contributed by atoms with Gasteiger partial charge in [-0.15, -0.1) is 0 Å². The third-order valence-electron chi connectivity index (χ3n) is 4.90. The maximum Gasteiger partial charge on any atom is 0.334 e. The zero-order valence-corrected chi connectivity index (χ0v) is 11.2. The van der Waals surface area contributed by atoms with Crippen molar-refractivity contribution in [2.45, 2.75) is 38.9 Å². The van der Waals surface area contributed by atoms with Gasteiger partial charge < -0.3 is 9.84 Å². The van der Waals surface area contributed by atoms with Gasteiger partial charge in [-0.05, 0) is 36.3 Å². The van der Waals surface area contributed by atoms with Crippen LogP contribution in [0.5, 0.6) is 0 Å². The zero-order chi connectivity index (χ0) is 13.9. The normalized spacial score (nSPS) is 42.1. The van der Waals surface area contributed by atoms with Gasteiger partial charge in [0.25, 0.3) is 0 Å². The molecule has 0 radical (unpaired) electrons. The number of carbonyl (C=O) groups excluding carboxylic acids is 2. The van der Waals surface area contributed by atoms with Gasteiger partial charge in [0.2, 0.25) is 0 Å². The number of aliphatic hydroxyl groups is 1. The molecule has 0 amide bonds. The van der Waals surface area contributed by atoms with E-state index in [0.717, 1.165) is 5.57 Å². The highest BCUT2D eigenvalue weighted by atomic mass is 16.6. The van der Waals surface area contributed by atoms with Crippen molar-refractivity contribution in [1.29, 1.82) is 0 Å². The Bertz CT molecular complexity index is 516. The van der Waals surface area contributed by atoms with Gasteiger partial charge in [0.1, 0.15) is 6.10 Å². The van der Waals surface area contributed by atoms with Crippen molar-refractivity contribution in [3.8, 4) is 0 Å². The molecule has 1 N–H and O–H groups in total. The Balaban J connectivity index is 2.12. The first-order valence-electron chi connectivity index (χ1n) is 6.73. The highest BCUT2D eigenvalue weighted by Crippen LogP contribution is 2.49. The molecule has 0 aromatic rings. The van der Waals surface area contributed by atoms with Crippen LogP contribution in [0.4, 0.5) is 0 Å². The predicted octanol–water partition coefficient (Wildman–Crippen LogP) is 1.39. The van der Waals surface area contributed by atoms with Crippen LogP contribution < -0.4 is 0 Å². The van der Waals surface area contributed by atoms with Gasteiger partial charge in [-0.3, -0.25) is 4.79 Å². The van der Waals surface area contributed by atoms with Gasteiger partial charge in [0.15, 0.2) is 5.78 Å². The number of hydrogen-bond acceptors (Lipinski definition) is 4. The van der Waals surface area contributed by atoms with Gasteiger partial charge in [-0.2, -0.15) is 0 Å². The number of ketones is 1. The Morgan fingerprint density at radius 1 is 1.37 bits per heavy atom. The number of esters is 1. The number of Topliss-reactive ketones (excluding diaryl/α,β-unsaturated/α-hetero) is 1. The van der Waals surface area contributed by atoms with Crippen molar-refractivity contribution in [3.05, 3.63) is 23.3 Å². The third kappa shape index (κ3) is 1.62. The molecule has 2 fully saturated rings. The fourth-order valence-corrected chi connectivity index (χ4v) is 3.80. The summed E-state index contributed by atoms with van der Waals surface area (Å²) in [4.78, 5) is 23.7. The summed E-state index contributed by atoms with van der Waals surface area (Å²) < 4.78 is 5.40. The second kappa shape index (κ2) is 4.04. The average Bonchev–Trinajstić information content (AvgIpc) is 2.75. The molecule has 1 heterocycles. The standard InChI is InChI=1S/C15H18O4/c1-6-4-11(17)13-8(3)15(18)19-14(13)12-7(2)10(16)5-9(6)12/h6,9,11,13-14,17H,3-5H2,1-2H3. The van der Waals surface area contributed by atoms with Crippen LogP contribution in [0.1, 0.15) is 26.7 Å². The van der Waals surface area contributed by atoms with Crippen molar-refractivity contribution in [2.75, 3.05) is 0 Å². The molecule has 0 aromatic heterocycles. The second-order valence-corrected chi connectivity index (χ2v) is 5.97. The summed E-state index contributed by atoms with van der Waals surface area (Å²) in [6, 6.07) is 0. The Labute approximate surface area is 112 Å². The second-order valence-electron chi connectivity index (χ2n) is 5.97. The lowest BCUT2D eigenvalue weighted by Gasteiger charge is -2.22. The first kappa shape index (κ1) is 12.6. The monoisotopic (exact) mass is 262 g/mol. The highest BCUT2D eigenvalue weighted by molar-refractivity contribution is 6.00. The van der Waals surface area contributed by atoms with Crippen LogP contribution in [-0.4, -0.2) is 29.1 Å². The fourth-order valence-electron chi connectivity index (χ4n) is 3.80. The first-order valence-corrected chi connectivity index (χ1v) is 6.73. The van der Waals surface area contributed by atoms with Crippen LogP contribution in [0.15, 0.2) is 23.3 Å². The molecule has 4 heteroatoms. The smallest absolute Gasteiger partial charge is 0.334 e. The van der Waals surface area contributed by atoms with E-state index >= 15 is 0 Å². The number of rotatable bonds is 0. The molecule has 2 aliphatic carbocycles. The van der Waals surface area contributed by atoms with Gasteiger partial charge >= 0.3 is 5.97 Å². The Morgan fingerprint density at radius 3 is 2.74 bits per heavy atom. The van der Waals surface area contributed by atoms with Crippen molar-refractivity contribution < 1.29 is 19.4 Å². The van der Waals surface area contributed by atoms with Crippen molar-refractivity contribution >= 4 is 11.8 Å². The van der Waals surface area contributed by atoms with Crippen LogP contribution in [0.3, 0.4) is 0 Å². The Hall–Kier alpha value is -1.42. The summed E-state index contributed by atoms with van der Waals surface area (Å²) in [5, 5.41) is 10.3. The van der Waals surface area contributed by atoms with Crippen LogP contribution in [0.2, 0.25) is 0 Å². The van der Waals surface area contributed by atoms with E-state index in [1.807, 2.05) is 6.92 Å². The maximum absolute atomic E-state index is 11.9. The summed E-state index contributed by atoms with van der Waals surface area (Å²) in [6.45, 7) is 7.60. The lowest BCUT2D eigenvalue weighted by Crippen LogP contribution is -2.29. The lowest BCUT2D eigenvalue weighted by molar-refractivity contribution is -0.138. The minimum atomic E-state index is -0.625. The zero-order valence-electron chi connectivity index (χ0n) is 11.2. The van der Waals surface area contributed by atoms with Gasteiger partial charge in [-0.25, -0.2) is 4.79 Å². The number of ether oxygens (including phenoxy) is 1. The molecule has 4 nitrogen and oxygen atoms in total. The van der Waals surface area contributed by atoms with Crippen molar-refractivity contribution in [3.63, 3.8) is 0 Å². The number of fused-ring (bicyclic) bond motifs is 3. The van der Waals surface area contributed by atoms with E-state index in [9.17, 15) is 14.7 Å². The Morgan fingerprint density at radius 2 is 2.05 bits per heavy atom. The molecule has 0 aromatic carbocycles. The number of carbonyl (C=O) groups is 2. The molecule has 5 unspecified atom stereocenters. The van der Waals surface area contributed by atoms with Crippen molar-refractivity contribution in [1.82, 2.24) is 0 Å². The van der Waals surface area contributed by atoms with Crippen LogP contribution in [-0.2, 0) is 14.3 Å². The number of hydrogen-bond donors (Lipinski definition) is 1. The molecule has 19 heavy (non-hydrogen) atoms. The van der Waals surface area contributed by atoms with Gasteiger partial charge in [0.05, 0.1) is 12.0 Å². The fraction of sp³-hybridized carbons (Fsp3) is 0.600. The van der Waals surface area contributed by atoms with E-state index in [1.165, 1.54) is 0 Å². The topological polar surface area (TPSA) is 63.6 Å². The third-order valence-corrected chi connectivity index (χ3v) is 4.90. The SMILES string of the molecule is C=C1C(=O)OC2C3=C(C)C(=O)CC3C(C)CC(O)C12. The van der Waals surface area contributed by atoms with Gasteiger partial charge in [0, 0.05) is 12.0 Å². The van der Waals surface area contributed by atoms with E-state index in [4.69, 9.17) is 4.74 Å². The van der Waals surface area contributed by atoms with Crippen molar-refractivity contribution in [2.24, 2.45) is 17.8 Å². The van der Waals surface area contributed by atoms with E-state index in [0.29, 0.717) is 24.0 Å². The molecule has 1 saturated heterocycles. The molecule has 102 valence electrons.